The zero-order chi connectivity index (χ0) is 38.2. The number of anilines is 2. The van der Waals surface area contributed by atoms with Gasteiger partial charge in [0.1, 0.15) is 20.2 Å². The van der Waals surface area contributed by atoms with Gasteiger partial charge in [0.2, 0.25) is 0 Å². The second kappa shape index (κ2) is 17.3. The minimum atomic E-state index is -4.88. The van der Waals surface area contributed by atoms with E-state index < -0.39 is 42.0 Å². The molecule has 6 aromatic carbocycles. The molecule has 270 valence electrons. The number of nitrogen functional groups attached to an aromatic ring is 1. The molecule has 1 heterocycles. The minimum absolute atomic E-state index is 0. The van der Waals surface area contributed by atoms with Crippen molar-refractivity contribution < 1.29 is 89.9 Å². The summed E-state index contributed by atoms with van der Waals surface area (Å²) < 4.78 is 71.8. The third-order valence-corrected chi connectivity index (χ3v) is 9.93. The van der Waals surface area contributed by atoms with Crippen LogP contribution in [0.3, 0.4) is 0 Å². The Balaban J connectivity index is 0.00000300. The van der Waals surface area contributed by atoms with Crippen LogP contribution < -0.4 is 69.9 Å². The molecular weight excluding hydrogens is 781 g/mol. The molecule has 20 heteroatoms. The number of azo groups is 3. The fraction of sp³-hybridized carbons (Fsp3) is 0.0556. The van der Waals surface area contributed by atoms with Crippen molar-refractivity contribution in [3.05, 3.63) is 115 Å². The van der Waals surface area contributed by atoms with Crippen molar-refractivity contribution in [3.63, 3.8) is 0 Å². The first-order valence-corrected chi connectivity index (χ1v) is 18.7. The number of amides is 1. The average molecular weight is 806 g/mol. The Morgan fingerprint density at radius 2 is 1.07 bits per heavy atom. The monoisotopic (exact) mass is 805 g/mol. The van der Waals surface area contributed by atoms with Crippen LogP contribution in [0.15, 0.2) is 161 Å². The van der Waals surface area contributed by atoms with Crippen LogP contribution >= 0.6 is 0 Å². The first-order valence-electron chi connectivity index (χ1n) is 15.9. The SMILES string of the molecule is CC1=NN(c2ccccc2)C(=O)C1N=Nc1ccc(N=Nc2ccc(N=Nc3ccc(N)cc3)c3cc(S(=O)(=O)[O-])ccc23)c2cc(S(=O)(=O)[O-])ccc12.[Na+].[Na+]. The molecule has 0 radical (unpaired) electrons. The van der Waals surface area contributed by atoms with Crippen molar-refractivity contribution in [1.82, 2.24) is 0 Å². The summed E-state index contributed by atoms with van der Waals surface area (Å²) in [4.78, 5) is 12.2. The van der Waals surface area contributed by atoms with Gasteiger partial charge in [0, 0.05) is 27.2 Å². The summed E-state index contributed by atoms with van der Waals surface area (Å²) >= 11 is 0. The molecular formula is C36H25N9Na2O7S2. The van der Waals surface area contributed by atoms with Crippen LogP contribution in [-0.4, -0.2) is 43.6 Å². The number of fused-ring (bicyclic) bond motifs is 2. The number of benzene rings is 6. The van der Waals surface area contributed by atoms with Crippen molar-refractivity contribution >= 4 is 93.2 Å². The first kappa shape index (κ1) is 42.5. The Labute approximate surface area is 364 Å². The van der Waals surface area contributed by atoms with Crippen molar-refractivity contribution in [2.45, 2.75) is 22.8 Å². The fourth-order valence-corrected chi connectivity index (χ4v) is 6.57. The molecule has 0 spiro atoms. The van der Waals surface area contributed by atoms with Crippen molar-refractivity contribution in [2.24, 2.45) is 35.8 Å². The predicted molar refractivity (Wildman–Crippen MR) is 198 cm³/mol. The Bertz CT molecular complexity index is 2840. The molecule has 6 aromatic rings. The number of nitrogens with two attached hydrogens (primary N) is 1. The molecule has 0 saturated heterocycles. The van der Waals surface area contributed by atoms with Crippen molar-refractivity contribution in [1.29, 1.82) is 0 Å². The van der Waals surface area contributed by atoms with Crippen LogP contribution in [0.4, 0.5) is 39.8 Å². The van der Waals surface area contributed by atoms with Crippen LogP contribution in [0.5, 0.6) is 0 Å². The molecule has 1 unspecified atom stereocenters. The van der Waals surface area contributed by atoms with Gasteiger partial charge in [-0.25, -0.2) is 16.8 Å². The van der Waals surface area contributed by atoms with Crippen LogP contribution in [0.2, 0.25) is 0 Å². The summed E-state index contributed by atoms with van der Waals surface area (Å²) in [5.41, 5.74) is 8.54. The molecule has 0 fully saturated rings. The van der Waals surface area contributed by atoms with E-state index in [4.69, 9.17) is 5.73 Å². The van der Waals surface area contributed by atoms with Gasteiger partial charge in [0.25, 0.3) is 5.91 Å². The quantitative estimate of drug-likeness (QED) is 0.0979. The van der Waals surface area contributed by atoms with E-state index >= 15 is 0 Å². The van der Waals surface area contributed by atoms with Gasteiger partial charge >= 0.3 is 59.1 Å². The third kappa shape index (κ3) is 9.16. The molecule has 0 bridgehead atoms. The average Bonchev–Trinajstić information content (AvgIpc) is 3.44. The molecule has 1 amide bonds. The molecule has 1 aliphatic heterocycles. The van der Waals surface area contributed by atoms with Gasteiger partial charge in [-0.3, -0.25) is 4.79 Å². The largest absolute Gasteiger partial charge is 1.00 e. The molecule has 0 aliphatic carbocycles. The van der Waals surface area contributed by atoms with E-state index in [9.17, 15) is 30.7 Å². The zero-order valence-corrected chi connectivity index (χ0v) is 35.5. The van der Waals surface area contributed by atoms with Crippen LogP contribution in [-0.2, 0) is 25.0 Å². The second-order valence-electron chi connectivity index (χ2n) is 11.9. The molecule has 56 heavy (non-hydrogen) atoms. The van der Waals surface area contributed by atoms with Gasteiger partial charge < -0.3 is 14.8 Å². The number of carbonyl (C=O) groups is 1. The van der Waals surface area contributed by atoms with E-state index in [0.717, 1.165) is 24.3 Å². The summed E-state index contributed by atoms with van der Waals surface area (Å²) in [6.07, 6.45) is 0. The second-order valence-corrected chi connectivity index (χ2v) is 14.6. The predicted octanol–water partition coefficient (Wildman–Crippen LogP) is 2.10. The summed E-state index contributed by atoms with van der Waals surface area (Å²) in [5, 5.41) is 32.4. The number of hydrogen-bond donors (Lipinski definition) is 1. The third-order valence-electron chi connectivity index (χ3n) is 8.27. The Morgan fingerprint density at radius 3 is 1.57 bits per heavy atom. The summed E-state index contributed by atoms with van der Waals surface area (Å²) in [7, 11) is -9.72. The summed E-state index contributed by atoms with van der Waals surface area (Å²) in [6.45, 7) is 1.65. The number of carbonyl (C=O) groups excluding carboxylic acids is 1. The number of hydrogen-bond acceptors (Lipinski definition) is 15. The van der Waals surface area contributed by atoms with Crippen LogP contribution in [0.1, 0.15) is 6.92 Å². The minimum Gasteiger partial charge on any atom is -0.744 e. The fourth-order valence-electron chi connectivity index (χ4n) is 5.58. The molecule has 16 nitrogen and oxygen atoms in total. The van der Waals surface area contributed by atoms with E-state index in [1.54, 1.807) is 61.5 Å². The maximum Gasteiger partial charge on any atom is 1.00 e. The maximum absolute atomic E-state index is 13.2. The molecule has 1 atom stereocenters. The molecule has 7 rings (SSSR count). The number of hydrazone groups is 1. The van der Waals surface area contributed by atoms with E-state index in [-0.39, 0.29) is 92.6 Å². The van der Waals surface area contributed by atoms with E-state index in [0.29, 0.717) is 33.5 Å². The normalized spacial score (nSPS) is 14.8. The van der Waals surface area contributed by atoms with Crippen molar-refractivity contribution in [2.75, 3.05) is 10.7 Å². The number of para-hydroxylation sites is 1. The van der Waals surface area contributed by atoms with Crippen LogP contribution in [0, 0.1) is 0 Å². The van der Waals surface area contributed by atoms with Gasteiger partial charge in [-0.05, 0) is 91.9 Å². The summed E-state index contributed by atoms with van der Waals surface area (Å²) in [5.74, 6) is -0.415. The maximum atomic E-state index is 13.2. The standard InChI is InChI=1S/C36H27N9O7S2.2Na/c1-21-35(36(46)45(44-21)24-5-3-2-4-6-24)43-42-32-16-18-34(30-20-26(54(50,51)52)12-14-28(30)32)41-40-31-15-17-33(39-38-23-9-7-22(37)8-10-23)29-19-25(53(47,48)49)11-13-27(29)31;;/h2-20,35H,37H2,1H3,(H,47,48,49)(H,50,51,52);;/q;2*+1/p-2. The molecule has 1 aliphatic rings. The number of rotatable bonds is 9. The van der Waals surface area contributed by atoms with Crippen LogP contribution in [0.25, 0.3) is 21.5 Å². The van der Waals surface area contributed by atoms with Crippen molar-refractivity contribution in [3.8, 4) is 0 Å². The van der Waals surface area contributed by atoms with Gasteiger partial charge in [-0.15, -0.1) is 15.3 Å². The Morgan fingerprint density at radius 1 is 0.607 bits per heavy atom. The van der Waals surface area contributed by atoms with Gasteiger partial charge in [-0.1, -0.05) is 30.3 Å². The van der Waals surface area contributed by atoms with Gasteiger partial charge in [-0.2, -0.15) is 25.5 Å². The van der Waals surface area contributed by atoms with E-state index in [1.165, 1.54) is 35.3 Å². The molecule has 2 N–H and O–H groups in total. The Hall–Kier alpha value is -4.60. The first-order chi connectivity index (χ1) is 25.8. The van der Waals surface area contributed by atoms with E-state index in [1.807, 2.05) is 6.07 Å². The molecule has 0 saturated carbocycles. The summed E-state index contributed by atoms with van der Waals surface area (Å²) in [6, 6.07) is 27.8. The van der Waals surface area contributed by atoms with Gasteiger partial charge in [0.05, 0.1) is 49.6 Å². The molecule has 0 aromatic heterocycles. The zero-order valence-electron chi connectivity index (χ0n) is 29.9. The smallest absolute Gasteiger partial charge is 0.744 e. The number of nitrogens with zero attached hydrogens (tertiary/aromatic N) is 8. The van der Waals surface area contributed by atoms with Gasteiger partial charge in [0.15, 0.2) is 6.04 Å². The van der Waals surface area contributed by atoms with E-state index in [2.05, 4.69) is 35.8 Å². The Kier molecular flexibility index (Phi) is 13.1. The topological polar surface area (TPSA) is 247 Å².